The molecule has 1 saturated heterocycles. The normalized spacial score (nSPS) is 22.3. The van der Waals surface area contributed by atoms with Gasteiger partial charge in [-0.15, -0.1) is 0 Å². The molecule has 1 heterocycles. The van der Waals surface area contributed by atoms with Crippen LogP contribution in [0, 0.1) is 0 Å². The predicted octanol–water partition coefficient (Wildman–Crippen LogP) is 7.45. The van der Waals surface area contributed by atoms with E-state index < -0.39 is 74.2 Å². The average molecular weight is 814 g/mol. The van der Waals surface area contributed by atoms with Crippen LogP contribution in [0.15, 0.2) is 24.3 Å². The fourth-order valence-electron chi connectivity index (χ4n) is 7.34. The average Bonchev–Trinajstić information content (AvgIpc) is 3.21. The molecule has 0 bridgehead atoms. The van der Waals surface area contributed by atoms with Gasteiger partial charge in [-0.05, 0) is 51.4 Å². The van der Waals surface area contributed by atoms with Gasteiger partial charge in [0.1, 0.15) is 36.6 Å². The van der Waals surface area contributed by atoms with Crippen molar-refractivity contribution in [2.75, 3.05) is 13.2 Å². The van der Waals surface area contributed by atoms with Gasteiger partial charge in [-0.3, -0.25) is 4.79 Å². The lowest BCUT2D eigenvalue weighted by atomic mass is 9.98. The minimum absolute atomic E-state index is 0.247. The summed E-state index contributed by atoms with van der Waals surface area (Å²) in [7, 11) is 0. The molecule has 0 aliphatic carbocycles. The Morgan fingerprint density at radius 3 is 1.56 bits per heavy atom. The van der Waals surface area contributed by atoms with Gasteiger partial charge >= 0.3 is 0 Å². The molecule has 8 N–H and O–H groups in total. The van der Waals surface area contributed by atoms with Crippen LogP contribution in [-0.4, -0.2) is 110 Å². The first kappa shape index (κ1) is 53.6. The van der Waals surface area contributed by atoms with E-state index in [0.717, 1.165) is 38.5 Å². The summed E-state index contributed by atoms with van der Waals surface area (Å²) in [6.45, 7) is 3.38. The summed E-state index contributed by atoms with van der Waals surface area (Å²) in [5.74, 6) is -0.710. The van der Waals surface area contributed by atoms with Gasteiger partial charge in [-0.1, -0.05) is 167 Å². The Labute approximate surface area is 346 Å². The van der Waals surface area contributed by atoms with Crippen LogP contribution in [0.1, 0.15) is 194 Å². The fourth-order valence-corrected chi connectivity index (χ4v) is 7.34. The van der Waals surface area contributed by atoms with E-state index in [1.165, 1.54) is 109 Å². The van der Waals surface area contributed by atoms with Crippen molar-refractivity contribution in [1.82, 2.24) is 5.32 Å². The second kappa shape index (κ2) is 36.4. The number of amides is 1. The molecule has 0 radical (unpaired) electrons. The van der Waals surface area contributed by atoms with Crippen molar-refractivity contribution in [3.05, 3.63) is 24.3 Å². The molecular weight excluding hydrogens is 727 g/mol. The number of carbonyl (C=O) groups is 1. The summed E-state index contributed by atoms with van der Waals surface area (Å²) < 4.78 is 11.1. The van der Waals surface area contributed by atoms with E-state index in [0.29, 0.717) is 19.3 Å². The Morgan fingerprint density at radius 2 is 1.05 bits per heavy atom. The number of ether oxygens (including phenoxy) is 2. The largest absolute Gasteiger partial charge is 0.394 e. The van der Waals surface area contributed by atoms with Gasteiger partial charge in [0.15, 0.2) is 6.29 Å². The van der Waals surface area contributed by atoms with Crippen molar-refractivity contribution in [1.29, 1.82) is 0 Å². The van der Waals surface area contributed by atoms with Crippen molar-refractivity contribution >= 4 is 5.91 Å². The van der Waals surface area contributed by atoms with Gasteiger partial charge in [0.2, 0.25) is 5.91 Å². The number of aliphatic hydroxyl groups excluding tert-OH is 7. The summed E-state index contributed by atoms with van der Waals surface area (Å²) in [4.78, 5) is 13.1. The summed E-state index contributed by atoms with van der Waals surface area (Å²) >= 11 is 0. The molecule has 1 amide bonds. The van der Waals surface area contributed by atoms with Crippen LogP contribution in [-0.2, 0) is 14.3 Å². The third-order valence-corrected chi connectivity index (χ3v) is 11.2. The van der Waals surface area contributed by atoms with Crippen molar-refractivity contribution in [3.8, 4) is 0 Å². The molecule has 9 atom stereocenters. The maximum absolute atomic E-state index is 13.1. The summed E-state index contributed by atoms with van der Waals surface area (Å²) in [6.07, 6.45) is 28.0. The predicted molar refractivity (Wildman–Crippen MR) is 229 cm³/mol. The molecule has 336 valence electrons. The quantitative estimate of drug-likeness (QED) is 0.0230. The number of rotatable bonds is 38. The Hall–Kier alpha value is -1.41. The molecule has 1 rings (SSSR count). The lowest BCUT2D eigenvalue weighted by Crippen LogP contribution is -2.60. The lowest BCUT2D eigenvalue weighted by Gasteiger charge is -2.40. The Kier molecular flexibility index (Phi) is 34.3. The summed E-state index contributed by atoms with van der Waals surface area (Å²) in [5.41, 5.74) is 0. The van der Waals surface area contributed by atoms with Gasteiger partial charge < -0.3 is 50.5 Å². The maximum Gasteiger partial charge on any atom is 0.249 e. The summed E-state index contributed by atoms with van der Waals surface area (Å²) in [5, 5.41) is 75.5. The molecule has 1 aliphatic rings. The van der Waals surface area contributed by atoms with Crippen molar-refractivity contribution in [3.63, 3.8) is 0 Å². The zero-order valence-corrected chi connectivity index (χ0v) is 36.1. The highest BCUT2D eigenvalue weighted by Gasteiger charge is 2.44. The van der Waals surface area contributed by atoms with Crippen LogP contribution in [0.5, 0.6) is 0 Å². The number of allylic oxidation sites excluding steroid dienone is 4. The van der Waals surface area contributed by atoms with Gasteiger partial charge in [0.05, 0.1) is 25.4 Å². The Balaban J connectivity index is 2.45. The molecular formula is C46H87NO10. The van der Waals surface area contributed by atoms with Crippen LogP contribution < -0.4 is 5.32 Å². The third kappa shape index (κ3) is 26.4. The SMILES string of the molecule is CCCCC/C=C/CC/C=C/CCCC(O)C(O)C(COC1OC(CO)C(O)C(O)C1O)NC(=O)C(O)CCCCCCCCCCCCCCCCCCCC. The highest BCUT2D eigenvalue weighted by Crippen LogP contribution is 2.23. The maximum atomic E-state index is 13.1. The van der Waals surface area contributed by atoms with Crippen LogP contribution in [0.4, 0.5) is 0 Å². The monoisotopic (exact) mass is 814 g/mol. The molecule has 11 nitrogen and oxygen atoms in total. The summed E-state index contributed by atoms with van der Waals surface area (Å²) in [6, 6.07) is -1.19. The van der Waals surface area contributed by atoms with E-state index >= 15 is 0 Å². The zero-order valence-electron chi connectivity index (χ0n) is 36.1. The number of nitrogens with one attached hydrogen (secondary N) is 1. The molecule has 0 saturated carbocycles. The van der Waals surface area contributed by atoms with Crippen LogP contribution >= 0.6 is 0 Å². The second-order valence-electron chi connectivity index (χ2n) is 16.5. The first-order chi connectivity index (χ1) is 27.7. The fraction of sp³-hybridized carbons (Fsp3) is 0.891. The molecule has 0 aromatic rings. The smallest absolute Gasteiger partial charge is 0.249 e. The number of hydrogen-bond donors (Lipinski definition) is 8. The molecule has 0 spiro atoms. The van der Waals surface area contributed by atoms with E-state index in [1.807, 2.05) is 0 Å². The van der Waals surface area contributed by atoms with E-state index in [2.05, 4.69) is 43.5 Å². The number of hydrogen-bond acceptors (Lipinski definition) is 10. The molecule has 11 heteroatoms. The third-order valence-electron chi connectivity index (χ3n) is 11.2. The molecule has 1 aliphatic heterocycles. The molecule has 57 heavy (non-hydrogen) atoms. The lowest BCUT2D eigenvalue weighted by molar-refractivity contribution is -0.303. The van der Waals surface area contributed by atoms with Gasteiger partial charge in [0, 0.05) is 0 Å². The van der Waals surface area contributed by atoms with Crippen LogP contribution in [0.25, 0.3) is 0 Å². The Bertz CT molecular complexity index is 981. The minimum Gasteiger partial charge on any atom is -0.394 e. The van der Waals surface area contributed by atoms with E-state index in [9.17, 15) is 40.5 Å². The van der Waals surface area contributed by atoms with Gasteiger partial charge in [-0.2, -0.15) is 0 Å². The number of carbonyl (C=O) groups excluding carboxylic acids is 1. The second-order valence-corrected chi connectivity index (χ2v) is 16.5. The number of aliphatic hydroxyl groups is 7. The van der Waals surface area contributed by atoms with Crippen molar-refractivity contribution < 1.29 is 50.0 Å². The standard InChI is InChI=1S/C46H87NO10/c1-3-5-7-9-11-13-15-17-18-19-20-21-22-24-26-28-30-32-34-39(50)45(55)47-37(36-56-46-44(54)43(53)42(52)40(35-48)57-46)41(51)38(49)33-31-29-27-25-23-16-14-12-10-8-6-4-2/h12,14,25,27,37-44,46,48-54H,3-11,13,15-24,26,28-36H2,1-2H3,(H,47,55)/b14-12+,27-25+. The van der Waals surface area contributed by atoms with Gasteiger partial charge in [-0.25, -0.2) is 0 Å². The first-order valence-electron chi connectivity index (χ1n) is 23.2. The topological polar surface area (TPSA) is 189 Å². The minimum atomic E-state index is -1.67. The first-order valence-corrected chi connectivity index (χ1v) is 23.2. The van der Waals surface area contributed by atoms with E-state index in [4.69, 9.17) is 9.47 Å². The van der Waals surface area contributed by atoms with Crippen LogP contribution in [0.3, 0.4) is 0 Å². The Morgan fingerprint density at radius 1 is 0.596 bits per heavy atom. The molecule has 0 aromatic carbocycles. The number of unbranched alkanes of at least 4 members (excludes halogenated alkanes) is 22. The van der Waals surface area contributed by atoms with Gasteiger partial charge in [0.25, 0.3) is 0 Å². The molecule has 1 fully saturated rings. The van der Waals surface area contributed by atoms with Crippen molar-refractivity contribution in [2.24, 2.45) is 0 Å². The molecule has 0 aromatic heterocycles. The van der Waals surface area contributed by atoms with Crippen LogP contribution in [0.2, 0.25) is 0 Å². The van der Waals surface area contributed by atoms with E-state index in [1.54, 1.807) is 0 Å². The van der Waals surface area contributed by atoms with Crippen molar-refractivity contribution in [2.45, 2.75) is 249 Å². The highest BCUT2D eigenvalue weighted by atomic mass is 16.7. The zero-order chi connectivity index (χ0) is 41.9. The van der Waals surface area contributed by atoms with E-state index in [-0.39, 0.29) is 12.8 Å². The highest BCUT2D eigenvalue weighted by molar-refractivity contribution is 5.80. The molecule has 9 unspecified atom stereocenters.